The van der Waals surface area contributed by atoms with E-state index < -0.39 is 6.10 Å². The van der Waals surface area contributed by atoms with Crippen LogP contribution in [0.25, 0.3) is 0 Å². The molecule has 7 heteroatoms. The van der Waals surface area contributed by atoms with Gasteiger partial charge in [0.2, 0.25) is 11.8 Å². The zero-order valence-electron chi connectivity index (χ0n) is 11.0. The van der Waals surface area contributed by atoms with E-state index in [9.17, 15) is 14.7 Å². The topological polar surface area (TPSA) is 108 Å². The Hall–Kier alpha value is -1.18. The molecular formula is C12H22N4O3. The number of primary amides is 1. The first-order valence-corrected chi connectivity index (χ1v) is 6.77. The Bertz CT molecular complexity index is 342. The first-order chi connectivity index (χ1) is 9.04. The third-order valence-electron chi connectivity index (χ3n) is 3.74. The fraction of sp³-hybridized carbons (Fsp3) is 0.833. The summed E-state index contributed by atoms with van der Waals surface area (Å²) in [5.74, 6) is -0.350. The molecule has 5 N–H and O–H groups in total. The Balaban J connectivity index is 1.70. The fourth-order valence-corrected chi connectivity index (χ4v) is 2.67. The zero-order chi connectivity index (χ0) is 13.8. The summed E-state index contributed by atoms with van der Waals surface area (Å²) in [6, 6.07) is -0.130. The van der Waals surface area contributed by atoms with Crippen molar-refractivity contribution in [1.82, 2.24) is 15.5 Å². The van der Waals surface area contributed by atoms with Crippen molar-refractivity contribution >= 4 is 11.8 Å². The van der Waals surface area contributed by atoms with E-state index in [1.54, 1.807) is 0 Å². The number of likely N-dealkylation sites (tertiary alicyclic amines) is 1. The minimum absolute atomic E-state index is 0.0371. The lowest BCUT2D eigenvalue weighted by Crippen LogP contribution is -2.50. The summed E-state index contributed by atoms with van der Waals surface area (Å²) in [5, 5.41) is 15.4. The molecule has 108 valence electrons. The number of carbonyl (C=O) groups is 2. The minimum atomic E-state index is -0.423. The van der Waals surface area contributed by atoms with Crippen molar-refractivity contribution in [1.29, 1.82) is 0 Å². The molecule has 2 rings (SSSR count). The van der Waals surface area contributed by atoms with Crippen molar-refractivity contribution in [2.75, 3.05) is 26.2 Å². The number of aliphatic hydroxyl groups excluding tert-OH is 1. The second-order valence-electron chi connectivity index (χ2n) is 5.38. The number of rotatable bonds is 4. The van der Waals surface area contributed by atoms with E-state index in [-0.39, 0.29) is 30.4 Å². The summed E-state index contributed by atoms with van der Waals surface area (Å²) in [7, 11) is 0. The maximum atomic E-state index is 11.9. The van der Waals surface area contributed by atoms with Crippen molar-refractivity contribution in [3.8, 4) is 0 Å². The van der Waals surface area contributed by atoms with E-state index in [4.69, 9.17) is 5.73 Å². The number of β-amino-alcohol motifs (C(OH)–C–C–N with tert-alkyl or cyclic N) is 1. The van der Waals surface area contributed by atoms with Crippen molar-refractivity contribution < 1.29 is 14.7 Å². The van der Waals surface area contributed by atoms with Gasteiger partial charge in [-0.3, -0.25) is 14.5 Å². The second-order valence-corrected chi connectivity index (χ2v) is 5.38. The van der Waals surface area contributed by atoms with Crippen LogP contribution in [0.15, 0.2) is 0 Å². The summed E-state index contributed by atoms with van der Waals surface area (Å²) < 4.78 is 0. The van der Waals surface area contributed by atoms with Crippen molar-refractivity contribution in [2.24, 2.45) is 5.73 Å². The molecule has 2 aliphatic rings. The normalized spacial score (nSPS) is 29.3. The van der Waals surface area contributed by atoms with Crippen LogP contribution in [-0.4, -0.2) is 66.2 Å². The Labute approximate surface area is 112 Å². The van der Waals surface area contributed by atoms with Gasteiger partial charge in [0.25, 0.3) is 0 Å². The van der Waals surface area contributed by atoms with Crippen LogP contribution < -0.4 is 16.4 Å². The lowest BCUT2D eigenvalue weighted by Gasteiger charge is -2.32. The molecule has 2 aliphatic heterocycles. The van der Waals surface area contributed by atoms with Gasteiger partial charge < -0.3 is 21.5 Å². The number of amides is 2. The first kappa shape index (κ1) is 14.2. The third kappa shape index (κ3) is 4.15. The van der Waals surface area contributed by atoms with Crippen LogP contribution in [0.4, 0.5) is 0 Å². The van der Waals surface area contributed by atoms with E-state index in [1.807, 2.05) is 4.90 Å². The molecule has 0 saturated carbocycles. The maximum absolute atomic E-state index is 11.9. The van der Waals surface area contributed by atoms with Crippen LogP contribution in [0, 0.1) is 0 Å². The molecule has 0 aliphatic carbocycles. The molecule has 7 nitrogen and oxygen atoms in total. The highest BCUT2D eigenvalue weighted by molar-refractivity contribution is 5.82. The van der Waals surface area contributed by atoms with E-state index in [0.29, 0.717) is 13.0 Å². The van der Waals surface area contributed by atoms with Gasteiger partial charge in [-0.1, -0.05) is 0 Å². The smallest absolute Gasteiger partial charge is 0.237 e. The van der Waals surface area contributed by atoms with Crippen LogP contribution in [0.5, 0.6) is 0 Å². The molecule has 2 amide bonds. The average molecular weight is 270 g/mol. The highest BCUT2D eigenvalue weighted by atomic mass is 16.3. The lowest BCUT2D eigenvalue weighted by molar-refractivity contribution is -0.124. The van der Waals surface area contributed by atoms with E-state index in [1.165, 1.54) is 0 Å². The molecule has 19 heavy (non-hydrogen) atoms. The molecule has 0 aromatic rings. The largest absolute Gasteiger partial charge is 0.392 e. The average Bonchev–Trinajstić information content (AvgIpc) is 2.78. The maximum Gasteiger partial charge on any atom is 0.237 e. The highest BCUT2D eigenvalue weighted by Gasteiger charge is 2.30. The number of carbonyl (C=O) groups excluding carboxylic acids is 2. The molecule has 2 saturated heterocycles. The van der Waals surface area contributed by atoms with Crippen molar-refractivity contribution in [3.05, 3.63) is 0 Å². The minimum Gasteiger partial charge on any atom is -0.392 e. The van der Waals surface area contributed by atoms with Gasteiger partial charge >= 0.3 is 0 Å². The Kier molecular flexibility index (Phi) is 4.73. The quantitative estimate of drug-likeness (QED) is 0.463. The standard InChI is InChI=1S/C12H22N4O3/c13-11(18)7-16-3-1-8(2-4-16)15-12(19)10-5-9(17)6-14-10/h8-10,14,17H,1-7H2,(H2,13,18)(H,15,19). The summed E-state index contributed by atoms with van der Waals surface area (Å²) >= 11 is 0. The molecule has 0 aromatic heterocycles. The van der Waals surface area contributed by atoms with E-state index in [2.05, 4.69) is 10.6 Å². The molecule has 2 fully saturated rings. The van der Waals surface area contributed by atoms with Crippen molar-refractivity contribution in [3.63, 3.8) is 0 Å². The van der Waals surface area contributed by atoms with E-state index >= 15 is 0 Å². The number of nitrogens with one attached hydrogen (secondary N) is 2. The van der Waals surface area contributed by atoms with Crippen LogP contribution in [0.2, 0.25) is 0 Å². The SMILES string of the molecule is NC(=O)CN1CCC(NC(=O)C2CC(O)CN2)CC1. The monoisotopic (exact) mass is 270 g/mol. The van der Waals surface area contributed by atoms with Gasteiger partial charge in [-0.25, -0.2) is 0 Å². The molecule has 2 atom stereocenters. The van der Waals surface area contributed by atoms with Gasteiger partial charge in [-0.05, 0) is 19.3 Å². The van der Waals surface area contributed by atoms with Gasteiger partial charge in [0.15, 0.2) is 0 Å². The predicted molar refractivity (Wildman–Crippen MR) is 69.2 cm³/mol. The van der Waals surface area contributed by atoms with Gasteiger partial charge in [-0.15, -0.1) is 0 Å². The summed E-state index contributed by atoms with van der Waals surface area (Å²) in [4.78, 5) is 24.8. The number of hydrogen-bond acceptors (Lipinski definition) is 5. The van der Waals surface area contributed by atoms with Gasteiger partial charge in [-0.2, -0.15) is 0 Å². The summed E-state index contributed by atoms with van der Waals surface area (Å²) in [6.45, 7) is 2.31. The van der Waals surface area contributed by atoms with Crippen LogP contribution >= 0.6 is 0 Å². The molecule has 0 radical (unpaired) electrons. The lowest BCUT2D eigenvalue weighted by atomic mass is 10.0. The zero-order valence-corrected chi connectivity index (χ0v) is 11.0. The Morgan fingerprint density at radius 1 is 1.37 bits per heavy atom. The molecule has 0 aromatic carbocycles. The molecular weight excluding hydrogens is 248 g/mol. The van der Waals surface area contributed by atoms with E-state index in [0.717, 1.165) is 25.9 Å². The van der Waals surface area contributed by atoms with Crippen molar-refractivity contribution in [2.45, 2.75) is 37.5 Å². The van der Waals surface area contributed by atoms with Gasteiger partial charge in [0, 0.05) is 25.7 Å². The number of hydrogen-bond donors (Lipinski definition) is 4. The molecule has 2 heterocycles. The predicted octanol–water partition coefficient (Wildman–Crippen LogP) is -2.22. The summed E-state index contributed by atoms with van der Waals surface area (Å²) in [6.07, 6.45) is 1.71. The molecule has 0 bridgehead atoms. The third-order valence-corrected chi connectivity index (χ3v) is 3.74. The van der Waals surface area contributed by atoms with Crippen LogP contribution in [-0.2, 0) is 9.59 Å². The van der Waals surface area contributed by atoms with Gasteiger partial charge in [0.05, 0.1) is 18.7 Å². The fourth-order valence-electron chi connectivity index (χ4n) is 2.67. The number of piperidine rings is 1. The van der Waals surface area contributed by atoms with Gasteiger partial charge in [0.1, 0.15) is 0 Å². The Morgan fingerprint density at radius 3 is 2.58 bits per heavy atom. The highest BCUT2D eigenvalue weighted by Crippen LogP contribution is 2.12. The molecule has 2 unspecified atom stereocenters. The summed E-state index contributed by atoms with van der Waals surface area (Å²) in [5.41, 5.74) is 5.15. The van der Waals surface area contributed by atoms with Crippen LogP contribution in [0.3, 0.4) is 0 Å². The Morgan fingerprint density at radius 2 is 2.05 bits per heavy atom. The number of nitrogens with two attached hydrogens (primary N) is 1. The number of aliphatic hydroxyl groups is 1. The molecule has 0 spiro atoms. The first-order valence-electron chi connectivity index (χ1n) is 6.77. The van der Waals surface area contributed by atoms with Crippen LogP contribution in [0.1, 0.15) is 19.3 Å². The number of nitrogens with zero attached hydrogens (tertiary/aromatic N) is 1. The second kappa shape index (κ2) is 6.31.